The van der Waals surface area contributed by atoms with Gasteiger partial charge >= 0.3 is 0 Å². The van der Waals surface area contributed by atoms with E-state index in [9.17, 15) is 4.79 Å². The molecular formula is C18H24BrNO. The molecular weight excluding hydrogens is 326 g/mol. The quantitative estimate of drug-likeness (QED) is 0.735. The normalized spacial score (nSPS) is 21.8. The molecule has 0 bridgehead atoms. The van der Waals surface area contributed by atoms with E-state index in [1.165, 1.54) is 51.6 Å². The predicted octanol–water partition coefficient (Wildman–Crippen LogP) is 4.68. The number of piperidine rings is 1. The van der Waals surface area contributed by atoms with Crippen LogP contribution in [0.3, 0.4) is 0 Å². The maximum atomic E-state index is 12.2. The third-order valence-corrected chi connectivity index (χ3v) is 5.93. The Morgan fingerprint density at radius 3 is 2.29 bits per heavy atom. The number of nitrogens with zero attached hydrogens (tertiary/aromatic N) is 1. The number of carbonyl (C=O) groups is 1. The molecule has 0 amide bonds. The number of hydrogen-bond donors (Lipinski definition) is 0. The highest BCUT2D eigenvalue weighted by molar-refractivity contribution is 9.10. The summed E-state index contributed by atoms with van der Waals surface area (Å²) in [5.41, 5.74) is 1.51. The largest absolute Gasteiger partial charge is 0.303 e. The molecule has 1 aromatic carbocycles. The molecule has 2 nitrogen and oxygen atoms in total. The van der Waals surface area contributed by atoms with E-state index < -0.39 is 0 Å². The van der Waals surface area contributed by atoms with Crippen molar-refractivity contribution < 1.29 is 4.79 Å². The number of halogens is 1. The first-order valence-corrected chi connectivity index (χ1v) is 8.97. The van der Waals surface area contributed by atoms with Crippen LogP contribution in [-0.4, -0.2) is 30.3 Å². The van der Waals surface area contributed by atoms with Gasteiger partial charge < -0.3 is 4.90 Å². The topological polar surface area (TPSA) is 20.3 Å². The highest BCUT2D eigenvalue weighted by Gasteiger charge is 2.36. The zero-order valence-electron chi connectivity index (χ0n) is 12.6. The van der Waals surface area contributed by atoms with Crippen LogP contribution < -0.4 is 0 Å². The van der Waals surface area contributed by atoms with Crippen molar-refractivity contribution in [1.29, 1.82) is 0 Å². The van der Waals surface area contributed by atoms with Gasteiger partial charge in [0.25, 0.3) is 0 Å². The Bertz CT molecular complexity index is 480. The summed E-state index contributed by atoms with van der Waals surface area (Å²) in [6.07, 6.45) is 9.09. The number of ketones is 1. The number of benzene rings is 1. The van der Waals surface area contributed by atoms with Gasteiger partial charge in [-0.2, -0.15) is 0 Å². The van der Waals surface area contributed by atoms with Crippen LogP contribution in [0.25, 0.3) is 0 Å². The lowest BCUT2D eigenvalue weighted by Crippen LogP contribution is -2.39. The van der Waals surface area contributed by atoms with Gasteiger partial charge in [-0.25, -0.2) is 0 Å². The Labute approximate surface area is 136 Å². The van der Waals surface area contributed by atoms with Gasteiger partial charge in [0.05, 0.1) is 0 Å². The number of carbonyl (C=O) groups excluding carboxylic acids is 1. The Kier molecular flexibility index (Phi) is 4.80. The molecule has 2 aliphatic rings. The molecule has 2 fully saturated rings. The van der Waals surface area contributed by atoms with Crippen molar-refractivity contribution in [3.05, 3.63) is 34.3 Å². The van der Waals surface area contributed by atoms with Crippen LogP contribution in [0.4, 0.5) is 0 Å². The molecule has 0 N–H and O–H groups in total. The van der Waals surface area contributed by atoms with Crippen molar-refractivity contribution in [2.24, 2.45) is 5.41 Å². The average molecular weight is 350 g/mol. The Morgan fingerprint density at radius 2 is 1.67 bits per heavy atom. The smallest absolute Gasteiger partial charge is 0.164 e. The lowest BCUT2D eigenvalue weighted by molar-refractivity contribution is 0.0888. The first-order chi connectivity index (χ1) is 10.2. The monoisotopic (exact) mass is 349 g/mol. The number of Topliss-reactive ketones (excluding diaryl/α,β-unsaturated/α-hetero) is 1. The standard InChI is InChI=1S/C18H24BrNO/c19-16-5-3-15(4-6-16)17(21)7-12-20-13-10-18(11-14-20)8-1-2-9-18/h3-6H,1-2,7-14H2. The first-order valence-electron chi connectivity index (χ1n) is 8.18. The molecule has 0 unspecified atom stereocenters. The summed E-state index contributed by atoms with van der Waals surface area (Å²) >= 11 is 3.41. The fraction of sp³-hybridized carbons (Fsp3) is 0.611. The highest BCUT2D eigenvalue weighted by atomic mass is 79.9. The van der Waals surface area contributed by atoms with Gasteiger partial charge in [0.15, 0.2) is 5.78 Å². The molecule has 1 saturated heterocycles. The van der Waals surface area contributed by atoms with Crippen LogP contribution in [0.15, 0.2) is 28.7 Å². The van der Waals surface area contributed by atoms with E-state index in [1.54, 1.807) is 0 Å². The molecule has 1 saturated carbocycles. The van der Waals surface area contributed by atoms with Crippen LogP contribution in [0.1, 0.15) is 55.3 Å². The van der Waals surface area contributed by atoms with Gasteiger partial charge in [0.2, 0.25) is 0 Å². The lowest BCUT2D eigenvalue weighted by Gasteiger charge is -2.39. The van der Waals surface area contributed by atoms with Gasteiger partial charge in [0, 0.05) is 23.0 Å². The number of rotatable bonds is 4. The van der Waals surface area contributed by atoms with Crippen LogP contribution in [0.5, 0.6) is 0 Å². The summed E-state index contributed by atoms with van der Waals surface area (Å²) in [6, 6.07) is 7.71. The number of likely N-dealkylation sites (tertiary alicyclic amines) is 1. The summed E-state index contributed by atoms with van der Waals surface area (Å²) < 4.78 is 1.02. The molecule has 3 heteroatoms. The van der Waals surface area contributed by atoms with Gasteiger partial charge in [-0.1, -0.05) is 40.9 Å². The maximum absolute atomic E-state index is 12.2. The molecule has 114 valence electrons. The molecule has 1 aliphatic heterocycles. The Morgan fingerprint density at radius 1 is 1.05 bits per heavy atom. The van der Waals surface area contributed by atoms with E-state index in [2.05, 4.69) is 20.8 Å². The van der Waals surface area contributed by atoms with Crippen LogP contribution in [0.2, 0.25) is 0 Å². The number of hydrogen-bond acceptors (Lipinski definition) is 2. The van der Waals surface area contributed by atoms with E-state index >= 15 is 0 Å². The van der Waals surface area contributed by atoms with Crippen molar-refractivity contribution in [3.8, 4) is 0 Å². The average Bonchev–Trinajstić information content (AvgIpc) is 2.95. The molecule has 3 rings (SSSR count). The van der Waals surface area contributed by atoms with E-state index in [4.69, 9.17) is 0 Å². The molecule has 1 aromatic rings. The van der Waals surface area contributed by atoms with Gasteiger partial charge in [-0.05, 0) is 56.3 Å². The van der Waals surface area contributed by atoms with E-state index in [-0.39, 0.29) is 5.78 Å². The van der Waals surface area contributed by atoms with E-state index in [0.29, 0.717) is 11.8 Å². The van der Waals surface area contributed by atoms with E-state index in [0.717, 1.165) is 16.6 Å². The lowest BCUT2D eigenvalue weighted by atomic mass is 9.77. The second-order valence-electron chi connectivity index (χ2n) is 6.73. The van der Waals surface area contributed by atoms with Crippen LogP contribution >= 0.6 is 15.9 Å². The summed E-state index contributed by atoms with van der Waals surface area (Å²) in [5, 5.41) is 0. The van der Waals surface area contributed by atoms with Crippen LogP contribution in [-0.2, 0) is 0 Å². The zero-order valence-corrected chi connectivity index (χ0v) is 14.2. The minimum Gasteiger partial charge on any atom is -0.303 e. The van der Waals surface area contributed by atoms with Crippen molar-refractivity contribution in [2.45, 2.75) is 44.9 Å². The summed E-state index contributed by atoms with van der Waals surface area (Å²) in [6.45, 7) is 3.30. The third kappa shape index (κ3) is 3.75. The summed E-state index contributed by atoms with van der Waals surface area (Å²) in [5.74, 6) is 0.267. The second-order valence-corrected chi connectivity index (χ2v) is 7.64. The van der Waals surface area contributed by atoms with Crippen LogP contribution in [0, 0.1) is 5.41 Å². The summed E-state index contributed by atoms with van der Waals surface area (Å²) in [7, 11) is 0. The van der Waals surface area contributed by atoms with E-state index in [1.807, 2.05) is 24.3 Å². The van der Waals surface area contributed by atoms with Crippen molar-refractivity contribution in [3.63, 3.8) is 0 Å². The minimum atomic E-state index is 0.267. The predicted molar refractivity (Wildman–Crippen MR) is 89.7 cm³/mol. The first kappa shape index (κ1) is 15.2. The molecule has 0 atom stereocenters. The highest BCUT2D eigenvalue weighted by Crippen LogP contribution is 2.46. The SMILES string of the molecule is O=C(CCN1CCC2(CCCC2)CC1)c1ccc(Br)cc1. The molecule has 0 radical (unpaired) electrons. The van der Waals surface area contributed by atoms with Crippen molar-refractivity contribution >= 4 is 21.7 Å². The molecule has 1 aliphatic carbocycles. The van der Waals surface area contributed by atoms with Crippen molar-refractivity contribution in [1.82, 2.24) is 4.90 Å². The maximum Gasteiger partial charge on any atom is 0.164 e. The molecule has 21 heavy (non-hydrogen) atoms. The Hall–Kier alpha value is -0.670. The third-order valence-electron chi connectivity index (χ3n) is 5.40. The van der Waals surface area contributed by atoms with Crippen molar-refractivity contribution in [2.75, 3.05) is 19.6 Å². The van der Waals surface area contributed by atoms with Gasteiger partial charge in [-0.15, -0.1) is 0 Å². The van der Waals surface area contributed by atoms with Gasteiger partial charge in [0.1, 0.15) is 0 Å². The second kappa shape index (κ2) is 6.62. The molecule has 1 heterocycles. The minimum absolute atomic E-state index is 0.267. The van der Waals surface area contributed by atoms with Gasteiger partial charge in [-0.3, -0.25) is 4.79 Å². The molecule has 1 spiro atoms. The zero-order chi connectivity index (χ0) is 14.7. The fourth-order valence-electron chi connectivity index (χ4n) is 3.92. The fourth-order valence-corrected chi connectivity index (χ4v) is 4.18. The Balaban J connectivity index is 1.45. The summed E-state index contributed by atoms with van der Waals surface area (Å²) in [4.78, 5) is 14.7. The molecule has 0 aromatic heterocycles.